The van der Waals surface area contributed by atoms with Gasteiger partial charge in [0.05, 0.1) is 5.71 Å². The van der Waals surface area contributed by atoms with Crippen LogP contribution in [0.3, 0.4) is 0 Å². The van der Waals surface area contributed by atoms with Crippen LogP contribution in [0.25, 0.3) is 0 Å². The summed E-state index contributed by atoms with van der Waals surface area (Å²) < 4.78 is 0. The highest BCUT2D eigenvalue weighted by Crippen LogP contribution is 1.82. The molecule has 0 aromatic rings. The highest BCUT2D eigenvalue weighted by atomic mass is 16.1. The lowest BCUT2D eigenvalue weighted by Crippen LogP contribution is -2.05. The van der Waals surface area contributed by atoms with Gasteiger partial charge in [0, 0.05) is 14.0 Å². The molecule has 0 aromatic heterocycles. The second-order valence-corrected chi connectivity index (χ2v) is 1.67. The number of carbonyl (C=O) groups is 1. The highest BCUT2D eigenvalue weighted by Gasteiger charge is 1.96. The molecule has 2 nitrogen and oxygen atoms in total. The fourth-order valence-electron chi connectivity index (χ4n) is 0.507. The number of hydrogen-bond acceptors (Lipinski definition) is 2. The predicted molar refractivity (Wildman–Crippen MR) is 38.9 cm³/mol. The van der Waals surface area contributed by atoms with E-state index < -0.39 is 0 Å². The highest BCUT2D eigenvalue weighted by molar-refractivity contribution is 6.43. The second kappa shape index (κ2) is 4.01. The Morgan fingerprint density at radius 2 is 2.11 bits per heavy atom. The molecule has 0 saturated carbocycles. The number of Topliss-reactive ketones (excluding diaryl/α,β-unsaturated/α-hetero) is 1. The van der Waals surface area contributed by atoms with Gasteiger partial charge >= 0.3 is 0 Å². The van der Waals surface area contributed by atoms with E-state index in [9.17, 15) is 4.79 Å². The van der Waals surface area contributed by atoms with Crippen LogP contribution in [-0.2, 0) is 4.79 Å². The van der Waals surface area contributed by atoms with E-state index in [1.807, 2.05) is 6.92 Å². The van der Waals surface area contributed by atoms with E-state index >= 15 is 0 Å². The van der Waals surface area contributed by atoms with E-state index in [1.165, 1.54) is 6.92 Å². The van der Waals surface area contributed by atoms with Crippen LogP contribution < -0.4 is 0 Å². The smallest absolute Gasteiger partial charge is 0.177 e. The molecule has 0 aliphatic heterocycles. The molecule has 0 heterocycles. The minimum atomic E-state index is 0.00981. The lowest BCUT2D eigenvalue weighted by atomic mass is 10.2. The molecule has 0 amide bonds. The summed E-state index contributed by atoms with van der Waals surface area (Å²) in [6, 6.07) is 0. The number of aliphatic imine (C=N–C) groups is 1. The van der Waals surface area contributed by atoms with Crippen molar-refractivity contribution in [1.29, 1.82) is 0 Å². The third-order valence-electron chi connectivity index (χ3n) is 0.926. The SMILES string of the molecule is C/C=C\C(=NC)C(C)=O. The molecular formula is C7H11NO. The summed E-state index contributed by atoms with van der Waals surface area (Å²) in [6.45, 7) is 3.36. The molecule has 0 fully saturated rings. The Balaban J connectivity index is 4.19. The Kier molecular flexibility index (Phi) is 3.60. The van der Waals surface area contributed by atoms with Crippen molar-refractivity contribution >= 4 is 11.5 Å². The van der Waals surface area contributed by atoms with E-state index in [-0.39, 0.29) is 5.78 Å². The number of allylic oxidation sites excluding steroid dienone is 2. The Morgan fingerprint density at radius 3 is 2.22 bits per heavy atom. The van der Waals surface area contributed by atoms with Crippen LogP contribution in [0.4, 0.5) is 0 Å². The average molecular weight is 125 g/mol. The quantitative estimate of drug-likeness (QED) is 0.510. The van der Waals surface area contributed by atoms with Crippen LogP contribution in [0, 0.1) is 0 Å². The van der Waals surface area contributed by atoms with Crippen LogP contribution in [0.2, 0.25) is 0 Å². The molecule has 0 atom stereocenters. The summed E-state index contributed by atoms with van der Waals surface area (Å²) in [5.74, 6) is 0.00981. The van der Waals surface area contributed by atoms with Gasteiger partial charge < -0.3 is 0 Å². The van der Waals surface area contributed by atoms with Gasteiger partial charge in [-0.1, -0.05) is 6.08 Å². The van der Waals surface area contributed by atoms with E-state index in [0.717, 1.165) is 0 Å². The molecule has 0 unspecified atom stereocenters. The monoisotopic (exact) mass is 125 g/mol. The van der Waals surface area contributed by atoms with Gasteiger partial charge in [-0.15, -0.1) is 0 Å². The Labute approximate surface area is 55.3 Å². The zero-order valence-electron chi connectivity index (χ0n) is 6.01. The van der Waals surface area contributed by atoms with Crippen molar-refractivity contribution in [3.8, 4) is 0 Å². The normalized spacial score (nSPS) is 12.6. The predicted octanol–water partition coefficient (Wildman–Crippen LogP) is 1.22. The van der Waals surface area contributed by atoms with Crippen LogP contribution in [-0.4, -0.2) is 18.5 Å². The fourth-order valence-corrected chi connectivity index (χ4v) is 0.507. The van der Waals surface area contributed by atoms with Gasteiger partial charge in [-0.2, -0.15) is 0 Å². The average Bonchev–Trinajstić information content (AvgIpc) is 1.82. The van der Waals surface area contributed by atoms with Crippen molar-refractivity contribution in [2.24, 2.45) is 4.99 Å². The number of ketones is 1. The number of hydrogen-bond donors (Lipinski definition) is 0. The molecule has 0 N–H and O–H groups in total. The maximum Gasteiger partial charge on any atom is 0.177 e. The lowest BCUT2D eigenvalue weighted by Gasteiger charge is -1.88. The minimum Gasteiger partial charge on any atom is -0.293 e. The zero-order valence-corrected chi connectivity index (χ0v) is 6.01. The van der Waals surface area contributed by atoms with Crippen LogP contribution in [0.1, 0.15) is 13.8 Å². The second-order valence-electron chi connectivity index (χ2n) is 1.67. The van der Waals surface area contributed by atoms with Gasteiger partial charge in [0.1, 0.15) is 0 Å². The largest absolute Gasteiger partial charge is 0.293 e. The molecule has 2 heteroatoms. The molecule has 0 bridgehead atoms. The summed E-state index contributed by atoms with van der Waals surface area (Å²) in [4.78, 5) is 14.3. The van der Waals surface area contributed by atoms with Gasteiger partial charge in [-0.05, 0) is 13.0 Å². The lowest BCUT2D eigenvalue weighted by molar-refractivity contribution is -0.111. The van der Waals surface area contributed by atoms with Crippen LogP contribution in [0.5, 0.6) is 0 Å². The number of rotatable bonds is 2. The first-order valence-corrected chi connectivity index (χ1v) is 2.82. The third-order valence-corrected chi connectivity index (χ3v) is 0.926. The van der Waals surface area contributed by atoms with E-state index in [4.69, 9.17) is 0 Å². The number of nitrogens with zero attached hydrogens (tertiary/aromatic N) is 1. The summed E-state index contributed by atoms with van der Waals surface area (Å²) >= 11 is 0. The topological polar surface area (TPSA) is 29.4 Å². The zero-order chi connectivity index (χ0) is 7.28. The first-order chi connectivity index (χ1) is 4.22. The molecule has 50 valence electrons. The number of carbonyl (C=O) groups excluding carboxylic acids is 1. The summed E-state index contributed by atoms with van der Waals surface area (Å²) in [6.07, 6.45) is 3.49. The first kappa shape index (κ1) is 8.08. The van der Waals surface area contributed by atoms with Crippen molar-refractivity contribution in [1.82, 2.24) is 0 Å². The molecule has 0 spiro atoms. The summed E-state index contributed by atoms with van der Waals surface area (Å²) in [5.41, 5.74) is 0.525. The fraction of sp³-hybridized carbons (Fsp3) is 0.429. The third kappa shape index (κ3) is 2.80. The van der Waals surface area contributed by atoms with Gasteiger partial charge in [0.25, 0.3) is 0 Å². The summed E-state index contributed by atoms with van der Waals surface area (Å²) in [7, 11) is 1.61. The molecule has 9 heavy (non-hydrogen) atoms. The standard InChI is InChI=1S/C7H11NO/c1-4-5-7(8-3)6(2)9/h4-5H,1-3H3/b5-4-,8-7?. The molecular weight excluding hydrogens is 114 g/mol. The van der Waals surface area contributed by atoms with Gasteiger partial charge in [-0.3, -0.25) is 9.79 Å². The van der Waals surface area contributed by atoms with Gasteiger partial charge in [-0.25, -0.2) is 0 Å². The van der Waals surface area contributed by atoms with Gasteiger partial charge in [0.15, 0.2) is 5.78 Å². The van der Waals surface area contributed by atoms with Crippen molar-refractivity contribution < 1.29 is 4.79 Å². The molecule has 0 radical (unpaired) electrons. The molecule has 0 rings (SSSR count). The summed E-state index contributed by atoms with van der Waals surface area (Å²) in [5, 5.41) is 0. The molecule has 0 aliphatic carbocycles. The Bertz CT molecular complexity index is 156. The Hall–Kier alpha value is -0.920. The molecule has 0 aromatic carbocycles. The minimum absolute atomic E-state index is 0.00981. The van der Waals surface area contributed by atoms with Crippen molar-refractivity contribution in [3.05, 3.63) is 12.2 Å². The maximum atomic E-state index is 10.6. The van der Waals surface area contributed by atoms with Crippen LogP contribution >= 0.6 is 0 Å². The molecule has 0 saturated heterocycles. The van der Waals surface area contributed by atoms with E-state index in [1.54, 1.807) is 19.2 Å². The van der Waals surface area contributed by atoms with E-state index in [0.29, 0.717) is 5.71 Å². The van der Waals surface area contributed by atoms with Crippen molar-refractivity contribution in [3.63, 3.8) is 0 Å². The van der Waals surface area contributed by atoms with E-state index in [2.05, 4.69) is 4.99 Å². The van der Waals surface area contributed by atoms with Gasteiger partial charge in [0.2, 0.25) is 0 Å². The first-order valence-electron chi connectivity index (χ1n) is 2.82. The Morgan fingerprint density at radius 1 is 1.56 bits per heavy atom. The molecule has 0 aliphatic rings. The van der Waals surface area contributed by atoms with Crippen molar-refractivity contribution in [2.45, 2.75) is 13.8 Å². The van der Waals surface area contributed by atoms with Crippen LogP contribution in [0.15, 0.2) is 17.1 Å². The maximum absolute atomic E-state index is 10.6. The van der Waals surface area contributed by atoms with Crippen molar-refractivity contribution in [2.75, 3.05) is 7.05 Å².